The molecule has 0 amide bonds. The van der Waals surface area contributed by atoms with Gasteiger partial charge in [-0.25, -0.2) is 4.98 Å². The number of nitrogens with zero attached hydrogens (tertiary/aromatic N) is 3. The van der Waals surface area contributed by atoms with E-state index in [0.717, 1.165) is 22.4 Å². The van der Waals surface area contributed by atoms with Gasteiger partial charge < -0.3 is 9.88 Å². The number of rotatable bonds is 3. The van der Waals surface area contributed by atoms with Crippen molar-refractivity contribution < 1.29 is 0 Å². The van der Waals surface area contributed by atoms with Crippen LogP contribution in [-0.4, -0.2) is 21.6 Å². The SMILES string of the molecule is CNC(c1ccc2ccccc2n1)c1nccn1C. The summed E-state index contributed by atoms with van der Waals surface area (Å²) in [6.07, 6.45) is 3.75. The fourth-order valence-corrected chi connectivity index (χ4v) is 2.31. The number of hydrogen-bond acceptors (Lipinski definition) is 3. The molecular weight excluding hydrogens is 236 g/mol. The number of pyridine rings is 1. The second kappa shape index (κ2) is 4.82. The van der Waals surface area contributed by atoms with E-state index in [0.29, 0.717) is 0 Å². The maximum atomic E-state index is 4.73. The summed E-state index contributed by atoms with van der Waals surface area (Å²) in [5, 5.41) is 4.43. The largest absolute Gasteiger partial charge is 0.336 e. The lowest BCUT2D eigenvalue weighted by Crippen LogP contribution is -2.22. The summed E-state index contributed by atoms with van der Waals surface area (Å²) in [7, 11) is 3.92. The smallest absolute Gasteiger partial charge is 0.131 e. The Balaban J connectivity index is 2.09. The molecule has 3 aromatic rings. The Kier molecular flexibility index (Phi) is 3.01. The molecule has 1 unspecified atom stereocenters. The second-order valence-electron chi connectivity index (χ2n) is 4.55. The maximum Gasteiger partial charge on any atom is 0.131 e. The molecule has 0 radical (unpaired) electrons. The zero-order valence-corrected chi connectivity index (χ0v) is 11.0. The van der Waals surface area contributed by atoms with E-state index in [4.69, 9.17) is 4.98 Å². The number of aryl methyl sites for hydroxylation is 1. The van der Waals surface area contributed by atoms with Crippen molar-refractivity contribution in [2.75, 3.05) is 7.05 Å². The fraction of sp³-hybridized carbons (Fsp3) is 0.200. The molecule has 3 rings (SSSR count). The van der Waals surface area contributed by atoms with E-state index in [-0.39, 0.29) is 6.04 Å². The summed E-state index contributed by atoms with van der Waals surface area (Å²) in [5.41, 5.74) is 1.99. The number of nitrogens with one attached hydrogen (secondary N) is 1. The van der Waals surface area contributed by atoms with Crippen LogP contribution in [0.25, 0.3) is 10.9 Å². The summed E-state index contributed by atoms with van der Waals surface area (Å²) in [5.74, 6) is 0.963. The van der Waals surface area contributed by atoms with Crippen molar-refractivity contribution in [1.29, 1.82) is 0 Å². The molecule has 0 fully saturated rings. The minimum atomic E-state index is 0.00426. The van der Waals surface area contributed by atoms with Crippen LogP contribution in [0.3, 0.4) is 0 Å². The van der Waals surface area contributed by atoms with Crippen LogP contribution >= 0.6 is 0 Å². The minimum Gasteiger partial charge on any atom is -0.336 e. The third-order valence-corrected chi connectivity index (χ3v) is 3.32. The first-order chi connectivity index (χ1) is 9.29. The normalized spacial score (nSPS) is 12.7. The van der Waals surface area contributed by atoms with Crippen molar-refractivity contribution in [3.05, 3.63) is 60.3 Å². The van der Waals surface area contributed by atoms with Gasteiger partial charge in [0.15, 0.2) is 0 Å². The monoisotopic (exact) mass is 252 g/mol. The van der Waals surface area contributed by atoms with Crippen LogP contribution in [0.15, 0.2) is 48.8 Å². The van der Waals surface area contributed by atoms with Gasteiger partial charge in [0.25, 0.3) is 0 Å². The summed E-state index contributed by atoms with van der Waals surface area (Å²) >= 11 is 0. The van der Waals surface area contributed by atoms with Gasteiger partial charge in [-0.1, -0.05) is 24.3 Å². The Labute approximate surface area is 112 Å². The van der Waals surface area contributed by atoms with Gasteiger partial charge in [-0.15, -0.1) is 0 Å². The van der Waals surface area contributed by atoms with E-state index in [9.17, 15) is 0 Å². The van der Waals surface area contributed by atoms with E-state index in [2.05, 4.69) is 28.5 Å². The van der Waals surface area contributed by atoms with Crippen molar-refractivity contribution in [3.63, 3.8) is 0 Å². The lowest BCUT2D eigenvalue weighted by Gasteiger charge is -2.16. The molecule has 0 aliphatic rings. The molecule has 4 heteroatoms. The molecule has 0 aliphatic heterocycles. The Morgan fingerprint density at radius 3 is 2.74 bits per heavy atom. The van der Waals surface area contributed by atoms with E-state index < -0.39 is 0 Å². The molecule has 0 spiro atoms. The lowest BCUT2D eigenvalue weighted by atomic mass is 10.1. The topological polar surface area (TPSA) is 42.7 Å². The third-order valence-electron chi connectivity index (χ3n) is 3.32. The van der Waals surface area contributed by atoms with E-state index >= 15 is 0 Å². The number of hydrogen-bond donors (Lipinski definition) is 1. The van der Waals surface area contributed by atoms with Crippen molar-refractivity contribution in [2.24, 2.45) is 7.05 Å². The summed E-state index contributed by atoms with van der Waals surface area (Å²) in [4.78, 5) is 9.13. The van der Waals surface area contributed by atoms with Crippen molar-refractivity contribution >= 4 is 10.9 Å². The second-order valence-corrected chi connectivity index (χ2v) is 4.55. The molecule has 19 heavy (non-hydrogen) atoms. The first kappa shape index (κ1) is 11.9. The molecule has 0 saturated carbocycles. The first-order valence-corrected chi connectivity index (χ1v) is 6.30. The molecule has 1 N–H and O–H groups in total. The van der Waals surface area contributed by atoms with Crippen LogP contribution in [0.1, 0.15) is 17.6 Å². The number of aromatic nitrogens is 3. The zero-order chi connectivity index (χ0) is 13.2. The molecule has 96 valence electrons. The Morgan fingerprint density at radius 2 is 2.00 bits per heavy atom. The summed E-state index contributed by atoms with van der Waals surface area (Å²) in [6, 6.07) is 12.3. The Bertz CT molecular complexity index is 702. The van der Waals surface area contributed by atoms with E-state index in [1.807, 2.05) is 43.1 Å². The molecule has 4 nitrogen and oxygen atoms in total. The molecule has 1 aromatic carbocycles. The van der Waals surface area contributed by atoms with Crippen molar-refractivity contribution in [1.82, 2.24) is 19.9 Å². The van der Waals surface area contributed by atoms with E-state index in [1.54, 1.807) is 6.20 Å². The Hall–Kier alpha value is -2.20. The van der Waals surface area contributed by atoms with Gasteiger partial charge in [-0.3, -0.25) is 4.98 Å². The van der Waals surface area contributed by atoms with Gasteiger partial charge in [-0.2, -0.15) is 0 Å². The van der Waals surface area contributed by atoms with Crippen LogP contribution in [0.5, 0.6) is 0 Å². The van der Waals surface area contributed by atoms with E-state index in [1.165, 1.54) is 0 Å². The van der Waals surface area contributed by atoms with Gasteiger partial charge in [0.1, 0.15) is 11.9 Å². The van der Waals surface area contributed by atoms with Crippen LogP contribution < -0.4 is 5.32 Å². The van der Waals surface area contributed by atoms with Gasteiger partial charge in [0.2, 0.25) is 0 Å². The number of fused-ring (bicyclic) bond motifs is 1. The molecule has 2 heterocycles. The molecular formula is C15H16N4. The number of benzene rings is 1. The highest BCUT2D eigenvalue weighted by molar-refractivity contribution is 5.78. The number of para-hydroxylation sites is 1. The average Bonchev–Trinajstić information content (AvgIpc) is 2.86. The average molecular weight is 252 g/mol. The highest BCUT2D eigenvalue weighted by atomic mass is 15.1. The van der Waals surface area contributed by atoms with Crippen molar-refractivity contribution in [3.8, 4) is 0 Å². The van der Waals surface area contributed by atoms with Gasteiger partial charge in [-0.05, 0) is 19.2 Å². The molecule has 2 aromatic heterocycles. The predicted molar refractivity (Wildman–Crippen MR) is 75.9 cm³/mol. The van der Waals surface area contributed by atoms with Crippen LogP contribution in [0, 0.1) is 0 Å². The predicted octanol–water partition coefficient (Wildman–Crippen LogP) is 2.28. The zero-order valence-electron chi connectivity index (χ0n) is 11.0. The van der Waals surface area contributed by atoms with Gasteiger partial charge in [0, 0.05) is 24.8 Å². The van der Waals surface area contributed by atoms with Crippen LogP contribution in [0.2, 0.25) is 0 Å². The third kappa shape index (κ3) is 2.11. The summed E-state index contributed by atoms with van der Waals surface area (Å²) < 4.78 is 2.01. The number of imidazole rings is 1. The Morgan fingerprint density at radius 1 is 1.16 bits per heavy atom. The lowest BCUT2D eigenvalue weighted by molar-refractivity contribution is 0.605. The minimum absolute atomic E-state index is 0.00426. The highest BCUT2D eigenvalue weighted by Gasteiger charge is 2.17. The van der Waals surface area contributed by atoms with Crippen molar-refractivity contribution in [2.45, 2.75) is 6.04 Å². The maximum absolute atomic E-state index is 4.73. The van der Waals surface area contributed by atoms with Gasteiger partial charge in [0.05, 0.1) is 11.2 Å². The van der Waals surface area contributed by atoms with Gasteiger partial charge >= 0.3 is 0 Å². The molecule has 0 bridgehead atoms. The molecule has 0 saturated heterocycles. The quantitative estimate of drug-likeness (QED) is 0.777. The molecule has 0 aliphatic carbocycles. The molecule has 1 atom stereocenters. The van der Waals surface area contributed by atoms with Crippen LogP contribution in [0.4, 0.5) is 0 Å². The first-order valence-electron chi connectivity index (χ1n) is 6.30. The fourth-order valence-electron chi connectivity index (χ4n) is 2.31. The summed E-state index contributed by atoms with van der Waals surface area (Å²) in [6.45, 7) is 0. The highest BCUT2D eigenvalue weighted by Crippen LogP contribution is 2.21. The van der Waals surface area contributed by atoms with Crippen LogP contribution in [-0.2, 0) is 7.05 Å². The standard InChI is InChI=1S/C15H16N4/c1-16-14(15-17-9-10-19(15)2)13-8-7-11-5-3-4-6-12(11)18-13/h3-10,14,16H,1-2H3.